The van der Waals surface area contributed by atoms with Gasteiger partial charge in [-0.15, -0.1) is 26.6 Å². The summed E-state index contributed by atoms with van der Waals surface area (Å²) in [5.41, 5.74) is 1.64. The van der Waals surface area contributed by atoms with Gasteiger partial charge in [-0.25, -0.2) is 0 Å². The number of tetrazole rings is 1. The molecule has 5 aromatic rings. The van der Waals surface area contributed by atoms with Gasteiger partial charge in [0.25, 0.3) is 0 Å². The van der Waals surface area contributed by atoms with E-state index in [0.29, 0.717) is 5.65 Å². The molecule has 0 bridgehead atoms. The van der Waals surface area contributed by atoms with Crippen LogP contribution >= 0.6 is 22.7 Å². The first-order valence-corrected chi connectivity index (χ1v) is 8.02. The van der Waals surface area contributed by atoms with Gasteiger partial charge in [0.05, 0.1) is 4.88 Å². The molecule has 0 saturated heterocycles. The highest BCUT2D eigenvalue weighted by Crippen LogP contribution is 2.29. The fourth-order valence-corrected chi connectivity index (χ4v) is 3.68. The Labute approximate surface area is 130 Å². The summed E-state index contributed by atoms with van der Waals surface area (Å²) in [5.74, 6) is 0.760. The summed E-state index contributed by atoms with van der Waals surface area (Å²) in [5, 5.41) is 27.3. The molecule has 0 amide bonds. The van der Waals surface area contributed by atoms with Gasteiger partial charge in [-0.1, -0.05) is 17.4 Å². The summed E-state index contributed by atoms with van der Waals surface area (Å²) in [7, 11) is 0. The Morgan fingerprint density at radius 2 is 2.05 bits per heavy atom. The zero-order valence-corrected chi connectivity index (χ0v) is 12.5. The first kappa shape index (κ1) is 11.9. The molecule has 0 radical (unpaired) electrons. The smallest absolute Gasteiger partial charge is 0.200 e. The summed E-state index contributed by atoms with van der Waals surface area (Å²) in [6, 6.07) is 7.80. The number of hydrogen-bond acceptors (Lipinski definition) is 8. The Morgan fingerprint density at radius 1 is 1.05 bits per heavy atom. The van der Waals surface area contributed by atoms with Crippen LogP contribution in [0.3, 0.4) is 0 Å². The summed E-state index contributed by atoms with van der Waals surface area (Å²) in [4.78, 5) is 1.80. The maximum absolute atomic E-state index is 4.62. The SMILES string of the molecule is c1csc(-c2nnc3sc(-c4ccc5nnnn5c4)nn23)c1. The molecule has 0 fully saturated rings. The molecule has 0 aliphatic rings. The Kier molecular flexibility index (Phi) is 2.37. The first-order valence-electron chi connectivity index (χ1n) is 6.33. The molecule has 5 rings (SSSR count). The summed E-state index contributed by atoms with van der Waals surface area (Å²) in [6.45, 7) is 0. The number of aromatic nitrogens is 8. The van der Waals surface area contributed by atoms with Crippen LogP contribution in [0.4, 0.5) is 0 Å². The second-order valence-electron chi connectivity index (χ2n) is 4.50. The summed E-state index contributed by atoms with van der Waals surface area (Å²) < 4.78 is 3.40. The van der Waals surface area contributed by atoms with E-state index in [-0.39, 0.29) is 0 Å². The van der Waals surface area contributed by atoms with Crippen LogP contribution in [-0.2, 0) is 0 Å². The van der Waals surface area contributed by atoms with Crippen molar-refractivity contribution < 1.29 is 0 Å². The number of thiophene rings is 1. The minimum atomic E-state index is 0.700. The molecule has 22 heavy (non-hydrogen) atoms. The number of pyridine rings is 1. The zero-order valence-electron chi connectivity index (χ0n) is 10.9. The van der Waals surface area contributed by atoms with E-state index in [1.165, 1.54) is 11.3 Å². The average molecular weight is 326 g/mol. The fourth-order valence-electron chi connectivity index (χ4n) is 2.16. The van der Waals surface area contributed by atoms with Crippen LogP contribution in [0.15, 0.2) is 35.8 Å². The molecular weight excluding hydrogens is 320 g/mol. The largest absolute Gasteiger partial charge is 0.235 e. The fraction of sp³-hybridized carbons (Fsp3) is 0. The van der Waals surface area contributed by atoms with Crippen LogP contribution in [0.5, 0.6) is 0 Å². The van der Waals surface area contributed by atoms with Gasteiger partial charge in [-0.2, -0.15) is 14.1 Å². The molecule has 106 valence electrons. The normalized spacial score (nSPS) is 11.6. The lowest BCUT2D eigenvalue weighted by Crippen LogP contribution is -1.91. The van der Waals surface area contributed by atoms with Crippen molar-refractivity contribution in [1.29, 1.82) is 0 Å². The summed E-state index contributed by atoms with van der Waals surface area (Å²) in [6.07, 6.45) is 1.85. The maximum Gasteiger partial charge on any atom is 0.235 e. The number of hydrogen-bond donors (Lipinski definition) is 0. The van der Waals surface area contributed by atoms with Crippen LogP contribution in [0.2, 0.25) is 0 Å². The molecule has 5 heterocycles. The molecule has 0 saturated carbocycles. The van der Waals surface area contributed by atoms with Crippen LogP contribution < -0.4 is 0 Å². The van der Waals surface area contributed by atoms with E-state index >= 15 is 0 Å². The predicted octanol–water partition coefficient (Wildman–Crippen LogP) is 2.02. The van der Waals surface area contributed by atoms with Crippen molar-refractivity contribution in [1.82, 2.24) is 39.9 Å². The third-order valence-corrected chi connectivity index (χ3v) is 4.98. The van der Waals surface area contributed by atoms with Crippen LogP contribution in [0, 0.1) is 0 Å². The first-order chi connectivity index (χ1) is 10.9. The van der Waals surface area contributed by atoms with Crippen LogP contribution in [0.1, 0.15) is 0 Å². The lowest BCUT2D eigenvalue weighted by molar-refractivity contribution is 0.823. The van der Waals surface area contributed by atoms with Crippen molar-refractivity contribution >= 4 is 33.3 Å². The molecule has 8 nitrogen and oxygen atoms in total. The van der Waals surface area contributed by atoms with Crippen LogP contribution in [-0.4, -0.2) is 39.9 Å². The third-order valence-electron chi connectivity index (χ3n) is 3.17. The van der Waals surface area contributed by atoms with E-state index in [1.807, 2.05) is 35.8 Å². The predicted molar refractivity (Wildman–Crippen MR) is 81.7 cm³/mol. The molecular formula is C12H6N8S2. The molecule has 0 atom stereocenters. The van der Waals surface area contributed by atoms with E-state index in [0.717, 1.165) is 26.2 Å². The maximum atomic E-state index is 4.62. The Bertz CT molecular complexity index is 1090. The number of fused-ring (bicyclic) bond motifs is 2. The quantitative estimate of drug-likeness (QED) is 0.493. The van der Waals surface area contributed by atoms with Crippen molar-refractivity contribution in [2.45, 2.75) is 0 Å². The Hall–Kier alpha value is -2.72. The van der Waals surface area contributed by atoms with Gasteiger partial charge >= 0.3 is 0 Å². The average Bonchev–Trinajstić information content (AvgIpc) is 3.28. The standard InChI is InChI=1S/C12H6N8S2/c1-2-8(21-5-1)10-14-15-12-20(10)16-11(22-12)7-3-4-9-13-17-18-19(9)6-7/h1-6H. The van der Waals surface area contributed by atoms with Crippen molar-refractivity contribution in [3.8, 4) is 21.3 Å². The highest BCUT2D eigenvalue weighted by Gasteiger charge is 2.15. The van der Waals surface area contributed by atoms with Gasteiger partial charge in [0, 0.05) is 11.8 Å². The van der Waals surface area contributed by atoms with Gasteiger partial charge in [0.15, 0.2) is 11.5 Å². The second-order valence-corrected chi connectivity index (χ2v) is 6.41. The van der Waals surface area contributed by atoms with Crippen molar-refractivity contribution in [3.63, 3.8) is 0 Å². The molecule has 0 aliphatic heterocycles. The lowest BCUT2D eigenvalue weighted by Gasteiger charge is -1.95. The second kappa shape index (κ2) is 4.39. The Morgan fingerprint density at radius 3 is 2.95 bits per heavy atom. The minimum Gasteiger partial charge on any atom is -0.200 e. The highest BCUT2D eigenvalue weighted by atomic mass is 32.1. The van der Waals surface area contributed by atoms with E-state index in [2.05, 4.69) is 30.8 Å². The topological polar surface area (TPSA) is 86.2 Å². The van der Waals surface area contributed by atoms with Gasteiger partial charge in [0.2, 0.25) is 4.96 Å². The summed E-state index contributed by atoms with van der Waals surface area (Å²) >= 11 is 3.09. The monoisotopic (exact) mass is 326 g/mol. The van der Waals surface area contributed by atoms with Gasteiger partial charge < -0.3 is 0 Å². The molecule has 0 spiro atoms. The van der Waals surface area contributed by atoms with E-state index in [4.69, 9.17) is 0 Å². The number of nitrogens with zero attached hydrogens (tertiary/aromatic N) is 8. The zero-order chi connectivity index (χ0) is 14.5. The van der Waals surface area contributed by atoms with Crippen molar-refractivity contribution in [3.05, 3.63) is 35.8 Å². The van der Waals surface area contributed by atoms with Crippen molar-refractivity contribution in [2.24, 2.45) is 0 Å². The van der Waals surface area contributed by atoms with Gasteiger partial charge in [-0.05, 0) is 34.0 Å². The van der Waals surface area contributed by atoms with Crippen LogP contribution in [0.25, 0.3) is 31.9 Å². The van der Waals surface area contributed by atoms with Crippen molar-refractivity contribution in [2.75, 3.05) is 0 Å². The lowest BCUT2D eigenvalue weighted by atomic mass is 10.3. The molecule has 10 heteroatoms. The van der Waals surface area contributed by atoms with Gasteiger partial charge in [0.1, 0.15) is 5.01 Å². The van der Waals surface area contributed by atoms with E-state index in [1.54, 1.807) is 20.4 Å². The molecule has 0 N–H and O–H groups in total. The molecule has 5 aromatic heterocycles. The molecule has 0 aliphatic carbocycles. The third kappa shape index (κ3) is 1.68. The van der Waals surface area contributed by atoms with Gasteiger partial charge in [-0.3, -0.25) is 0 Å². The Balaban J connectivity index is 1.68. The molecule has 0 aromatic carbocycles. The van der Waals surface area contributed by atoms with E-state index < -0.39 is 0 Å². The highest BCUT2D eigenvalue weighted by molar-refractivity contribution is 7.19. The molecule has 0 unspecified atom stereocenters. The minimum absolute atomic E-state index is 0.700. The van der Waals surface area contributed by atoms with E-state index in [9.17, 15) is 0 Å². The number of rotatable bonds is 2.